The molecule has 0 saturated heterocycles. The first-order valence-electron chi connectivity index (χ1n) is 5.19. The van der Waals surface area contributed by atoms with Gasteiger partial charge in [0.25, 0.3) is 0 Å². The summed E-state index contributed by atoms with van der Waals surface area (Å²) >= 11 is 3.33. The maximum Gasteiger partial charge on any atom is 0.185 e. The Morgan fingerprint density at radius 2 is 1.88 bits per heavy atom. The van der Waals surface area contributed by atoms with Gasteiger partial charge in [-0.15, -0.1) is 0 Å². The Balaban J connectivity index is 2.11. The monoisotopic (exact) mass is 290 g/mol. The van der Waals surface area contributed by atoms with Crippen LogP contribution in [-0.2, 0) is 0 Å². The fourth-order valence-electron chi connectivity index (χ4n) is 1.41. The maximum absolute atomic E-state index is 11.8. The lowest BCUT2D eigenvalue weighted by molar-refractivity contribution is 0.104. The van der Waals surface area contributed by atoms with Gasteiger partial charge < -0.3 is 4.42 Å². The normalized spacial score (nSPS) is 10.9. The van der Waals surface area contributed by atoms with Crippen LogP contribution in [0.1, 0.15) is 21.9 Å². The van der Waals surface area contributed by atoms with E-state index < -0.39 is 0 Å². The molecule has 0 spiro atoms. The molecular weight excluding hydrogens is 280 g/mol. The average Bonchev–Trinajstić information content (AvgIpc) is 2.73. The third-order valence-corrected chi connectivity index (χ3v) is 2.82. The predicted octanol–water partition coefficient (Wildman–Crippen LogP) is 4.25. The number of rotatable bonds is 3. The minimum Gasteiger partial charge on any atom is -0.462 e. The second kappa shape index (κ2) is 5.15. The highest BCUT2D eigenvalue weighted by atomic mass is 79.9. The van der Waals surface area contributed by atoms with Crippen LogP contribution < -0.4 is 0 Å². The van der Waals surface area contributed by atoms with Crippen molar-refractivity contribution in [1.82, 2.24) is 0 Å². The number of furan rings is 1. The van der Waals surface area contributed by atoms with Crippen LogP contribution in [0.2, 0.25) is 0 Å². The van der Waals surface area contributed by atoms with E-state index in [9.17, 15) is 4.79 Å². The van der Waals surface area contributed by atoms with Gasteiger partial charge in [-0.3, -0.25) is 4.79 Å². The molecule has 2 rings (SSSR count). The van der Waals surface area contributed by atoms with Crippen molar-refractivity contribution in [2.45, 2.75) is 6.92 Å². The highest BCUT2D eigenvalue weighted by Gasteiger charge is 2.01. The number of allylic oxidation sites excluding steroid dienone is 1. The second-order valence-electron chi connectivity index (χ2n) is 3.65. The van der Waals surface area contributed by atoms with Crippen molar-refractivity contribution in [3.63, 3.8) is 0 Å². The topological polar surface area (TPSA) is 30.2 Å². The Bertz CT molecular complexity index is 550. The van der Waals surface area contributed by atoms with Crippen molar-refractivity contribution in [2.24, 2.45) is 0 Å². The summed E-state index contributed by atoms with van der Waals surface area (Å²) in [5.74, 6) is 1.49. The number of benzene rings is 1. The Morgan fingerprint density at radius 3 is 2.47 bits per heavy atom. The minimum absolute atomic E-state index is 0.0356. The van der Waals surface area contributed by atoms with E-state index in [4.69, 9.17) is 4.42 Å². The number of carbonyl (C=O) groups is 1. The van der Waals surface area contributed by atoms with Crippen LogP contribution in [0.15, 0.2) is 51.4 Å². The van der Waals surface area contributed by atoms with Crippen LogP contribution in [0.4, 0.5) is 0 Å². The summed E-state index contributed by atoms with van der Waals surface area (Å²) in [6, 6.07) is 11.0. The fourth-order valence-corrected chi connectivity index (χ4v) is 1.68. The SMILES string of the molecule is Cc1ccc(C=CC(=O)c2ccc(Br)cc2)o1. The zero-order chi connectivity index (χ0) is 12.3. The first-order valence-corrected chi connectivity index (χ1v) is 5.99. The summed E-state index contributed by atoms with van der Waals surface area (Å²) in [4.78, 5) is 11.8. The average molecular weight is 291 g/mol. The van der Waals surface area contributed by atoms with E-state index in [0.29, 0.717) is 11.3 Å². The quantitative estimate of drug-likeness (QED) is 0.625. The van der Waals surface area contributed by atoms with E-state index in [1.165, 1.54) is 6.08 Å². The smallest absolute Gasteiger partial charge is 0.185 e. The maximum atomic E-state index is 11.8. The van der Waals surface area contributed by atoms with E-state index in [2.05, 4.69) is 15.9 Å². The van der Waals surface area contributed by atoms with Crippen LogP contribution in [0.25, 0.3) is 6.08 Å². The molecule has 0 unspecified atom stereocenters. The molecule has 1 aromatic heterocycles. The Morgan fingerprint density at radius 1 is 1.18 bits per heavy atom. The molecule has 2 nitrogen and oxygen atoms in total. The van der Waals surface area contributed by atoms with Gasteiger partial charge in [0.2, 0.25) is 0 Å². The Hall–Kier alpha value is -1.61. The minimum atomic E-state index is -0.0356. The van der Waals surface area contributed by atoms with E-state index >= 15 is 0 Å². The third kappa shape index (κ3) is 3.17. The molecule has 0 atom stereocenters. The highest BCUT2D eigenvalue weighted by Crippen LogP contribution is 2.12. The Labute approximate surface area is 108 Å². The molecule has 0 fully saturated rings. The van der Waals surface area contributed by atoms with E-state index in [1.807, 2.05) is 31.2 Å². The molecule has 0 aliphatic heterocycles. The van der Waals surface area contributed by atoms with Crippen molar-refractivity contribution in [1.29, 1.82) is 0 Å². The van der Waals surface area contributed by atoms with Crippen LogP contribution in [0, 0.1) is 6.92 Å². The van der Waals surface area contributed by atoms with Gasteiger partial charge in [0.15, 0.2) is 5.78 Å². The van der Waals surface area contributed by atoms with E-state index in [0.717, 1.165) is 10.2 Å². The molecular formula is C14H11BrO2. The van der Waals surface area contributed by atoms with Gasteiger partial charge in [0.05, 0.1) is 0 Å². The summed E-state index contributed by atoms with van der Waals surface area (Å²) in [6.45, 7) is 1.87. The summed E-state index contributed by atoms with van der Waals surface area (Å²) in [5.41, 5.74) is 0.660. The lowest BCUT2D eigenvalue weighted by Crippen LogP contribution is -1.92. The van der Waals surface area contributed by atoms with Crippen molar-refractivity contribution < 1.29 is 9.21 Å². The second-order valence-corrected chi connectivity index (χ2v) is 4.57. The van der Waals surface area contributed by atoms with Gasteiger partial charge in [0.1, 0.15) is 11.5 Å². The van der Waals surface area contributed by atoms with Gasteiger partial charge in [-0.25, -0.2) is 0 Å². The molecule has 0 N–H and O–H groups in total. The molecule has 2 aromatic rings. The molecule has 0 radical (unpaired) electrons. The molecule has 17 heavy (non-hydrogen) atoms. The predicted molar refractivity (Wildman–Crippen MR) is 71.0 cm³/mol. The first-order chi connectivity index (χ1) is 8.15. The number of halogens is 1. The number of aryl methyl sites for hydroxylation is 1. The molecule has 0 bridgehead atoms. The molecule has 0 saturated carbocycles. The van der Waals surface area contributed by atoms with Crippen molar-refractivity contribution in [3.05, 3.63) is 64.0 Å². The molecule has 0 amide bonds. The standard InChI is InChI=1S/C14H11BrO2/c1-10-2-7-13(17-10)8-9-14(16)11-3-5-12(15)6-4-11/h2-9H,1H3. The zero-order valence-corrected chi connectivity index (χ0v) is 10.9. The molecule has 0 aliphatic carbocycles. The number of carbonyl (C=O) groups excluding carboxylic acids is 1. The van der Waals surface area contributed by atoms with Gasteiger partial charge >= 0.3 is 0 Å². The van der Waals surface area contributed by atoms with Crippen LogP contribution in [0.5, 0.6) is 0 Å². The van der Waals surface area contributed by atoms with Gasteiger partial charge in [-0.1, -0.05) is 15.9 Å². The Kier molecular flexibility index (Phi) is 3.59. The summed E-state index contributed by atoms with van der Waals surface area (Å²) < 4.78 is 6.30. The van der Waals surface area contributed by atoms with Crippen LogP contribution >= 0.6 is 15.9 Å². The summed E-state index contributed by atoms with van der Waals surface area (Å²) in [5, 5.41) is 0. The number of hydrogen-bond donors (Lipinski definition) is 0. The molecule has 0 aliphatic rings. The van der Waals surface area contributed by atoms with Gasteiger partial charge in [-0.2, -0.15) is 0 Å². The van der Waals surface area contributed by atoms with E-state index in [1.54, 1.807) is 18.2 Å². The lowest BCUT2D eigenvalue weighted by atomic mass is 10.1. The first kappa shape index (κ1) is 11.9. The highest BCUT2D eigenvalue weighted by molar-refractivity contribution is 9.10. The molecule has 3 heteroatoms. The number of ketones is 1. The van der Waals surface area contributed by atoms with Crippen LogP contribution in [0.3, 0.4) is 0 Å². The van der Waals surface area contributed by atoms with Crippen molar-refractivity contribution >= 4 is 27.8 Å². The van der Waals surface area contributed by atoms with Crippen LogP contribution in [-0.4, -0.2) is 5.78 Å². The largest absolute Gasteiger partial charge is 0.462 e. The molecule has 86 valence electrons. The van der Waals surface area contributed by atoms with Crippen molar-refractivity contribution in [3.8, 4) is 0 Å². The zero-order valence-electron chi connectivity index (χ0n) is 9.31. The van der Waals surface area contributed by atoms with E-state index in [-0.39, 0.29) is 5.78 Å². The molecule has 1 aromatic carbocycles. The third-order valence-electron chi connectivity index (χ3n) is 2.29. The van der Waals surface area contributed by atoms with Gasteiger partial charge in [-0.05, 0) is 55.5 Å². The molecule has 1 heterocycles. The number of hydrogen-bond acceptors (Lipinski definition) is 2. The van der Waals surface area contributed by atoms with Gasteiger partial charge in [0, 0.05) is 10.0 Å². The fraction of sp³-hybridized carbons (Fsp3) is 0.0714. The summed E-state index contributed by atoms with van der Waals surface area (Å²) in [6.07, 6.45) is 3.19. The summed E-state index contributed by atoms with van der Waals surface area (Å²) in [7, 11) is 0. The van der Waals surface area contributed by atoms with Crippen molar-refractivity contribution in [2.75, 3.05) is 0 Å². The lowest BCUT2D eigenvalue weighted by Gasteiger charge is -1.95.